The van der Waals surface area contributed by atoms with E-state index < -0.39 is 34.7 Å². The van der Waals surface area contributed by atoms with Crippen LogP contribution in [-0.2, 0) is 19.0 Å². The Kier molecular flexibility index (Phi) is 9.64. The zero-order valence-corrected chi connectivity index (χ0v) is 31.2. The summed E-state index contributed by atoms with van der Waals surface area (Å²) < 4.78 is 20.4. The molecular weight excluding hydrogens is 633 g/mol. The lowest BCUT2D eigenvalue weighted by Gasteiger charge is -2.63. The van der Waals surface area contributed by atoms with Crippen molar-refractivity contribution in [2.45, 2.75) is 110 Å². The van der Waals surface area contributed by atoms with E-state index in [1.807, 2.05) is 36.4 Å². The van der Waals surface area contributed by atoms with E-state index in [1.165, 1.54) is 32.1 Å². The Bertz CT molecular complexity index is 1530. The van der Waals surface area contributed by atoms with Crippen molar-refractivity contribution in [3.05, 3.63) is 96.1 Å². The molecule has 4 saturated carbocycles. The van der Waals surface area contributed by atoms with E-state index in [1.54, 1.807) is 0 Å². The fourth-order valence-electron chi connectivity index (χ4n) is 13.1. The van der Waals surface area contributed by atoms with Crippen molar-refractivity contribution < 1.29 is 24.1 Å². The number of carbonyl (C=O) groups is 1. The predicted molar refractivity (Wildman–Crippen MR) is 200 cm³/mol. The van der Waals surface area contributed by atoms with Gasteiger partial charge in [-0.05, 0) is 84.7 Å². The van der Waals surface area contributed by atoms with Crippen molar-refractivity contribution in [3.8, 4) is 0 Å². The van der Waals surface area contributed by atoms with Crippen LogP contribution in [0.25, 0.3) is 0 Å². The Morgan fingerprint density at radius 1 is 0.941 bits per heavy atom. The number of carbonyl (C=O) groups excluding carboxylic acids is 1. The first-order valence-corrected chi connectivity index (χ1v) is 20.3. The lowest BCUT2D eigenvalue weighted by atomic mass is 9.40. The number of esters is 1. The van der Waals surface area contributed by atoms with E-state index in [0.29, 0.717) is 37.4 Å². The molecule has 1 saturated heterocycles. The molecule has 5 fully saturated rings. The second kappa shape index (κ2) is 13.9. The maximum atomic E-state index is 16.2. The molecule has 5 heteroatoms. The molecule has 4 bridgehead atoms. The summed E-state index contributed by atoms with van der Waals surface area (Å²) in [6.07, 6.45) is 14.7. The van der Waals surface area contributed by atoms with Crippen molar-refractivity contribution in [2.75, 3.05) is 13.2 Å². The molecule has 0 amide bonds. The molecule has 1 aliphatic heterocycles. The van der Waals surface area contributed by atoms with E-state index in [-0.39, 0.29) is 29.6 Å². The Morgan fingerprint density at radius 3 is 2.20 bits per heavy atom. The number of aliphatic hydroxyl groups is 1. The SMILES string of the molecule is C=CC(CC1CCCCC1)CC(O)C12C[C@@H]3[C@H](C)CC[C@H]3C3(C4OCCO4)CC1C=C(C(C)C)C23C(=O)OC(c1ccccc1)c1ccccc1. The van der Waals surface area contributed by atoms with Crippen molar-refractivity contribution in [3.63, 3.8) is 0 Å². The standard InChI is InChI=1S/C46H60O5/c1-5-32(25-33-15-9-6-10-16-33)26-40(47)44-29-37-31(4)21-22-38(37)45(43-49-23-24-50-43)28-36(44)27-39(30(2)3)46(44,45)42(48)51-41(34-17-11-7-12-18-34)35-19-13-8-14-20-35/h5,7-8,11-14,17-20,27,30-33,36-38,40-41,43,47H,1,6,9-10,15-16,21-26,28-29H2,2-4H3/t31-,32?,36?,37-,38-,40?,44?,45?,46?/m1/s1. The number of benzene rings is 2. The van der Waals surface area contributed by atoms with E-state index in [9.17, 15) is 5.11 Å². The quantitative estimate of drug-likeness (QED) is 0.177. The minimum atomic E-state index is -1.09. The zero-order chi connectivity index (χ0) is 35.4. The number of rotatable bonds is 12. The molecule has 1 heterocycles. The molecule has 9 atom stereocenters. The van der Waals surface area contributed by atoms with Gasteiger partial charge in [0.15, 0.2) is 12.4 Å². The minimum absolute atomic E-state index is 0.0371. The van der Waals surface area contributed by atoms with Gasteiger partial charge in [0, 0.05) is 10.8 Å². The lowest BCUT2D eigenvalue weighted by Crippen LogP contribution is -2.68. The number of hydrogen-bond acceptors (Lipinski definition) is 5. The molecule has 5 aliphatic carbocycles. The summed E-state index contributed by atoms with van der Waals surface area (Å²) in [7, 11) is 0. The summed E-state index contributed by atoms with van der Waals surface area (Å²) in [4.78, 5) is 16.2. The Labute approximate surface area is 306 Å². The van der Waals surface area contributed by atoms with Gasteiger partial charge in [0.1, 0.15) is 5.41 Å². The third-order valence-corrected chi connectivity index (χ3v) is 15.1. The first-order valence-electron chi connectivity index (χ1n) is 20.3. The highest BCUT2D eigenvalue weighted by molar-refractivity contribution is 5.87. The number of fused-ring (bicyclic) bond motifs is 2. The van der Waals surface area contributed by atoms with Gasteiger partial charge < -0.3 is 19.3 Å². The van der Waals surface area contributed by atoms with Gasteiger partial charge >= 0.3 is 5.97 Å². The van der Waals surface area contributed by atoms with Crippen molar-refractivity contribution in [2.24, 2.45) is 57.7 Å². The highest BCUT2D eigenvalue weighted by atomic mass is 16.7. The van der Waals surface area contributed by atoms with Gasteiger partial charge in [-0.3, -0.25) is 4.79 Å². The number of allylic oxidation sites excluding steroid dienone is 2. The molecule has 1 N–H and O–H groups in total. The van der Waals surface area contributed by atoms with E-state index in [4.69, 9.17) is 14.2 Å². The van der Waals surface area contributed by atoms with Crippen LogP contribution < -0.4 is 0 Å². The number of aliphatic hydroxyl groups excluding tert-OH is 1. The maximum absolute atomic E-state index is 16.2. The third kappa shape index (κ3) is 5.29. The molecule has 5 nitrogen and oxygen atoms in total. The van der Waals surface area contributed by atoms with Gasteiger partial charge in [0.2, 0.25) is 0 Å². The van der Waals surface area contributed by atoms with Gasteiger partial charge in [-0.15, -0.1) is 6.58 Å². The van der Waals surface area contributed by atoms with Crippen LogP contribution in [-0.4, -0.2) is 36.7 Å². The van der Waals surface area contributed by atoms with E-state index in [2.05, 4.69) is 63.8 Å². The highest BCUT2D eigenvalue weighted by Gasteiger charge is 2.88. The Hall–Kier alpha value is -2.73. The average molecular weight is 693 g/mol. The molecule has 6 aliphatic rings. The maximum Gasteiger partial charge on any atom is 0.318 e. The summed E-state index contributed by atoms with van der Waals surface area (Å²) in [5.74, 6) is 1.95. The lowest BCUT2D eigenvalue weighted by molar-refractivity contribution is -0.255. The molecule has 0 aromatic heterocycles. The van der Waals surface area contributed by atoms with Crippen LogP contribution in [0.3, 0.4) is 0 Å². The molecule has 6 unspecified atom stereocenters. The fraction of sp³-hybridized carbons (Fsp3) is 0.630. The second-order valence-electron chi connectivity index (χ2n) is 17.6. The zero-order valence-electron chi connectivity index (χ0n) is 31.2. The van der Waals surface area contributed by atoms with Crippen molar-refractivity contribution >= 4 is 5.97 Å². The summed E-state index contributed by atoms with van der Waals surface area (Å²) >= 11 is 0. The third-order valence-electron chi connectivity index (χ3n) is 15.1. The molecule has 2 aromatic rings. The van der Waals surface area contributed by atoms with Crippen LogP contribution in [0.5, 0.6) is 0 Å². The van der Waals surface area contributed by atoms with Crippen LogP contribution in [0, 0.1) is 57.7 Å². The minimum Gasteiger partial charge on any atom is -0.452 e. The average Bonchev–Trinajstić information content (AvgIpc) is 3.93. The molecule has 274 valence electrons. The largest absolute Gasteiger partial charge is 0.452 e. The Balaban J connectivity index is 1.30. The van der Waals surface area contributed by atoms with Gasteiger partial charge in [0.25, 0.3) is 0 Å². The van der Waals surface area contributed by atoms with Gasteiger partial charge in [0.05, 0.1) is 19.3 Å². The van der Waals surface area contributed by atoms with Crippen LogP contribution in [0.4, 0.5) is 0 Å². The van der Waals surface area contributed by atoms with Crippen molar-refractivity contribution in [1.82, 2.24) is 0 Å². The molecule has 2 aromatic carbocycles. The summed E-state index contributed by atoms with van der Waals surface area (Å²) in [5.41, 5.74) is 0.609. The van der Waals surface area contributed by atoms with Crippen LogP contribution in [0.15, 0.2) is 85.0 Å². The predicted octanol–water partition coefficient (Wildman–Crippen LogP) is 9.86. The van der Waals surface area contributed by atoms with Gasteiger partial charge in [-0.2, -0.15) is 0 Å². The second-order valence-corrected chi connectivity index (χ2v) is 17.6. The van der Waals surface area contributed by atoms with Gasteiger partial charge in [-0.25, -0.2) is 0 Å². The van der Waals surface area contributed by atoms with E-state index in [0.717, 1.165) is 48.8 Å². The molecular formula is C46H60O5. The van der Waals surface area contributed by atoms with Crippen LogP contribution in [0.1, 0.15) is 109 Å². The molecule has 0 spiro atoms. The molecule has 8 rings (SSSR count). The van der Waals surface area contributed by atoms with Crippen molar-refractivity contribution in [1.29, 1.82) is 0 Å². The smallest absolute Gasteiger partial charge is 0.318 e. The summed E-state index contributed by atoms with van der Waals surface area (Å²) in [6, 6.07) is 20.3. The molecule has 51 heavy (non-hydrogen) atoms. The van der Waals surface area contributed by atoms with Crippen LogP contribution >= 0.6 is 0 Å². The number of hydrogen-bond donors (Lipinski definition) is 1. The van der Waals surface area contributed by atoms with E-state index >= 15 is 4.79 Å². The number of ether oxygens (including phenoxy) is 3. The van der Waals surface area contributed by atoms with Crippen LogP contribution in [0.2, 0.25) is 0 Å². The highest BCUT2D eigenvalue weighted by Crippen LogP contribution is 2.85. The summed E-state index contributed by atoms with van der Waals surface area (Å²) in [5, 5.41) is 13.2. The van der Waals surface area contributed by atoms with Gasteiger partial charge in [-0.1, -0.05) is 138 Å². The Morgan fingerprint density at radius 2 is 1.59 bits per heavy atom. The first-order chi connectivity index (χ1) is 24.8. The normalized spacial score (nSPS) is 35.9. The topological polar surface area (TPSA) is 65.0 Å². The summed E-state index contributed by atoms with van der Waals surface area (Å²) in [6.45, 7) is 12.3. The fourth-order valence-corrected chi connectivity index (χ4v) is 13.1. The monoisotopic (exact) mass is 692 g/mol. The first kappa shape index (κ1) is 35.3. The molecule has 0 radical (unpaired) electrons.